The molecule has 2 N–H and O–H groups in total. The van der Waals surface area contributed by atoms with Crippen LogP contribution in [0, 0.1) is 0 Å². The molecule has 0 fully saturated rings. The van der Waals surface area contributed by atoms with E-state index in [0.717, 1.165) is 19.0 Å². The van der Waals surface area contributed by atoms with Gasteiger partial charge in [-0.3, -0.25) is 9.67 Å². The molecule has 3 rings (SSSR count). The average molecular weight is 532 g/mol. The zero-order chi connectivity index (χ0) is 21.3. The number of rotatable bonds is 8. The third kappa shape index (κ3) is 7.07. The molecule has 0 bridgehead atoms. The number of hydrogen-bond acceptors (Lipinski definition) is 3. The van der Waals surface area contributed by atoms with Gasteiger partial charge >= 0.3 is 0 Å². The van der Waals surface area contributed by atoms with Crippen LogP contribution in [0.2, 0.25) is 0 Å². The Balaban J connectivity index is 0.00000341. The zero-order valence-electron chi connectivity index (χ0n) is 18.7. The molecule has 0 saturated carbocycles. The molecule has 0 aliphatic rings. The van der Waals surface area contributed by atoms with Crippen LogP contribution in [0.4, 0.5) is 0 Å². The Kier molecular flexibility index (Phi) is 10.00. The van der Waals surface area contributed by atoms with Crippen LogP contribution in [0.15, 0.2) is 78.0 Å². The number of nitrogens with zero attached hydrogens (tertiary/aromatic N) is 4. The Hall–Kier alpha value is -2.39. The zero-order valence-corrected chi connectivity index (χ0v) is 21.0. The van der Waals surface area contributed by atoms with E-state index in [-0.39, 0.29) is 35.9 Å². The predicted octanol–water partition coefficient (Wildman–Crippen LogP) is 3.64. The minimum atomic E-state index is 0. The molecule has 7 heteroatoms. The lowest BCUT2D eigenvalue weighted by molar-refractivity contribution is 0.298. The lowest BCUT2D eigenvalue weighted by Gasteiger charge is -2.25. The first-order valence-corrected chi connectivity index (χ1v) is 10.3. The number of aromatic nitrogens is 2. The summed E-state index contributed by atoms with van der Waals surface area (Å²) in [6.07, 6.45) is 3.98. The van der Waals surface area contributed by atoms with Crippen molar-refractivity contribution in [3.8, 4) is 0 Å². The van der Waals surface area contributed by atoms with E-state index in [0.29, 0.717) is 0 Å². The standard InChI is InChI=1S/C24H32N6.HI/c1-25-24(27-17-23(29(2)3)21-15-28-30(4)18-21)26-16-22(19-11-7-5-8-12-19)20-13-9-6-10-14-20;/h5-15,18,22-23H,16-17H2,1-4H3,(H2,25,26,27);1H. The van der Waals surface area contributed by atoms with Crippen molar-refractivity contribution in [2.45, 2.75) is 12.0 Å². The fourth-order valence-electron chi connectivity index (χ4n) is 3.62. The number of hydrogen-bond donors (Lipinski definition) is 2. The van der Waals surface area contributed by atoms with Crippen LogP contribution in [0.25, 0.3) is 0 Å². The molecule has 0 spiro atoms. The Morgan fingerprint density at radius 1 is 0.935 bits per heavy atom. The number of nitrogens with one attached hydrogen (secondary N) is 2. The van der Waals surface area contributed by atoms with Gasteiger partial charge in [0.1, 0.15) is 0 Å². The highest BCUT2D eigenvalue weighted by atomic mass is 127. The van der Waals surface area contributed by atoms with E-state index in [1.54, 1.807) is 0 Å². The van der Waals surface area contributed by atoms with Gasteiger partial charge in [-0.25, -0.2) is 0 Å². The van der Waals surface area contributed by atoms with E-state index in [2.05, 4.69) is 107 Å². The Morgan fingerprint density at radius 2 is 1.48 bits per heavy atom. The van der Waals surface area contributed by atoms with Crippen LogP contribution < -0.4 is 10.6 Å². The van der Waals surface area contributed by atoms with Gasteiger partial charge in [-0.15, -0.1) is 24.0 Å². The molecule has 1 aromatic heterocycles. The highest BCUT2D eigenvalue weighted by Crippen LogP contribution is 2.23. The maximum atomic E-state index is 4.43. The minimum absolute atomic E-state index is 0. The average Bonchev–Trinajstić information content (AvgIpc) is 3.19. The molecule has 1 unspecified atom stereocenters. The first kappa shape index (κ1) is 24.9. The molecule has 3 aromatic rings. The molecule has 6 nitrogen and oxygen atoms in total. The van der Waals surface area contributed by atoms with Gasteiger partial charge in [-0.05, 0) is 25.2 Å². The van der Waals surface area contributed by atoms with Crippen molar-refractivity contribution in [1.82, 2.24) is 25.3 Å². The van der Waals surface area contributed by atoms with E-state index < -0.39 is 0 Å². The number of aryl methyl sites for hydroxylation is 1. The smallest absolute Gasteiger partial charge is 0.191 e. The van der Waals surface area contributed by atoms with Crippen LogP contribution in [-0.4, -0.2) is 54.9 Å². The maximum Gasteiger partial charge on any atom is 0.191 e. The molecule has 0 saturated heterocycles. The lowest BCUT2D eigenvalue weighted by atomic mass is 9.91. The monoisotopic (exact) mass is 532 g/mol. The summed E-state index contributed by atoms with van der Waals surface area (Å²) < 4.78 is 1.84. The van der Waals surface area contributed by atoms with Gasteiger partial charge in [0, 0.05) is 44.9 Å². The topological polar surface area (TPSA) is 57.5 Å². The van der Waals surface area contributed by atoms with Gasteiger partial charge in [-0.1, -0.05) is 60.7 Å². The van der Waals surface area contributed by atoms with Crippen LogP contribution >= 0.6 is 24.0 Å². The van der Waals surface area contributed by atoms with Gasteiger partial charge in [0.15, 0.2) is 5.96 Å². The van der Waals surface area contributed by atoms with Gasteiger partial charge in [0.2, 0.25) is 0 Å². The van der Waals surface area contributed by atoms with Crippen molar-refractivity contribution in [2.75, 3.05) is 34.2 Å². The second-order valence-electron chi connectivity index (χ2n) is 7.63. The first-order valence-electron chi connectivity index (χ1n) is 10.3. The third-order valence-corrected chi connectivity index (χ3v) is 5.30. The van der Waals surface area contributed by atoms with E-state index in [1.165, 1.54) is 16.7 Å². The second kappa shape index (κ2) is 12.5. The summed E-state index contributed by atoms with van der Waals surface area (Å²) in [5, 5.41) is 11.3. The van der Waals surface area contributed by atoms with Gasteiger partial charge in [-0.2, -0.15) is 5.10 Å². The minimum Gasteiger partial charge on any atom is -0.355 e. The molecule has 0 amide bonds. The van der Waals surface area contributed by atoms with Gasteiger partial charge in [0.25, 0.3) is 0 Å². The lowest BCUT2D eigenvalue weighted by Crippen LogP contribution is -2.43. The quantitative estimate of drug-likeness (QED) is 0.264. The van der Waals surface area contributed by atoms with E-state index in [9.17, 15) is 0 Å². The SMILES string of the molecule is CN=C(NCC(c1ccccc1)c1ccccc1)NCC(c1cnn(C)c1)N(C)C.I. The highest BCUT2D eigenvalue weighted by molar-refractivity contribution is 14.0. The number of likely N-dealkylation sites (N-methyl/N-ethyl adjacent to an activating group) is 1. The summed E-state index contributed by atoms with van der Waals surface area (Å²) in [6.45, 7) is 1.49. The van der Waals surface area contributed by atoms with Gasteiger partial charge in [0.05, 0.1) is 12.2 Å². The summed E-state index contributed by atoms with van der Waals surface area (Å²) in [4.78, 5) is 6.62. The molecule has 0 aliphatic carbocycles. The van der Waals surface area contributed by atoms with Crippen molar-refractivity contribution < 1.29 is 0 Å². The van der Waals surface area contributed by atoms with Crippen LogP contribution in [-0.2, 0) is 7.05 Å². The fourth-order valence-corrected chi connectivity index (χ4v) is 3.62. The van der Waals surface area contributed by atoms with Gasteiger partial charge < -0.3 is 15.5 Å². The molecular weight excluding hydrogens is 499 g/mol. The Morgan fingerprint density at radius 3 is 1.94 bits per heavy atom. The summed E-state index contributed by atoms with van der Waals surface area (Å²) in [5.74, 6) is 1.04. The first-order chi connectivity index (χ1) is 14.6. The molecular formula is C24H33IN6. The van der Waals surface area contributed by atoms with E-state index in [1.807, 2.05) is 25.0 Å². The number of benzene rings is 2. The molecule has 1 heterocycles. The van der Waals surface area contributed by atoms with Crippen LogP contribution in [0.5, 0.6) is 0 Å². The molecule has 0 radical (unpaired) electrons. The van der Waals surface area contributed by atoms with E-state index in [4.69, 9.17) is 0 Å². The van der Waals surface area contributed by atoms with Crippen molar-refractivity contribution >= 4 is 29.9 Å². The fraction of sp³-hybridized carbons (Fsp3) is 0.333. The number of guanidine groups is 1. The summed E-state index contributed by atoms with van der Waals surface area (Å²) in [6, 6.07) is 21.4. The van der Waals surface area contributed by atoms with E-state index >= 15 is 0 Å². The molecule has 31 heavy (non-hydrogen) atoms. The summed E-state index contributed by atoms with van der Waals surface area (Å²) in [7, 11) is 7.91. The van der Waals surface area contributed by atoms with Crippen molar-refractivity contribution in [3.63, 3.8) is 0 Å². The molecule has 0 aliphatic heterocycles. The van der Waals surface area contributed by atoms with Crippen LogP contribution in [0.3, 0.4) is 0 Å². The summed E-state index contributed by atoms with van der Waals surface area (Å²) in [5.41, 5.74) is 3.75. The Labute approximate surface area is 202 Å². The Bertz CT molecular complexity index is 884. The second-order valence-corrected chi connectivity index (χ2v) is 7.63. The largest absolute Gasteiger partial charge is 0.355 e. The van der Waals surface area contributed by atoms with Crippen molar-refractivity contribution in [3.05, 3.63) is 89.7 Å². The molecule has 1 atom stereocenters. The third-order valence-electron chi connectivity index (χ3n) is 5.30. The van der Waals surface area contributed by atoms with Crippen molar-refractivity contribution in [1.29, 1.82) is 0 Å². The number of halogens is 1. The summed E-state index contributed by atoms with van der Waals surface area (Å²) >= 11 is 0. The molecule has 2 aromatic carbocycles. The highest BCUT2D eigenvalue weighted by Gasteiger charge is 2.18. The predicted molar refractivity (Wildman–Crippen MR) is 139 cm³/mol. The number of aliphatic imine (C=N–C) groups is 1. The van der Waals surface area contributed by atoms with Crippen LogP contribution in [0.1, 0.15) is 28.7 Å². The maximum absolute atomic E-state index is 4.43. The molecule has 166 valence electrons. The van der Waals surface area contributed by atoms with Crippen molar-refractivity contribution in [2.24, 2.45) is 12.0 Å². The normalized spacial score (nSPS) is 12.5.